The first kappa shape index (κ1) is 21.9. The van der Waals surface area contributed by atoms with Crippen molar-refractivity contribution in [2.45, 2.75) is 0 Å². The van der Waals surface area contributed by atoms with Gasteiger partial charge in [0.05, 0.1) is 10.6 Å². The highest BCUT2D eigenvalue weighted by Crippen LogP contribution is 2.30. The van der Waals surface area contributed by atoms with Gasteiger partial charge in [0.25, 0.3) is 17.7 Å². The zero-order valence-corrected chi connectivity index (χ0v) is 19.3. The molecule has 0 radical (unpaired) electrons. The number of hydrogen-bond donors (Lipinski definition) is 0. The molecule has 6 nitrogen and oxygen atoms in total. The van der Waals surface area contributed by atoms with E-state index >= 15 is 0 Å². The van der Waals surface area contributed by atoms with Gasteiger partial charge in [0.1, 0.15) is 0 Å². The molecule has 0 saturated carbocycles. The molecule has 0 bridgehead atoms. The average molecular weight is 482 g/mol. The van der Waals surface area contributed by atoms with Gasteiger partial charge in [-0.25, -0.2) is 0 Å². The number of amides is 3. The molecule has 0 aromatic heterocycles. The van der Waals surface area contributed by atoms with Crippen LogP contribution < -0.4 is 0 Å². The fourth-order valence-electron chi connectivity index (χ4n) is 4.53. The van der Waals surface area contributed by atoms with Crippen molar-refractivity contribution >= 4 is 51.7 Å². The second kappa shape index (κ2) is 8.78. The van der Waals surface area contributed by atoms with Crippen LogP contribution in [0.3, 0.4) is 0 Å². The third-order valence-electron chi connectivity index (χ3n) is 6.32. The molecule has 0 spiro atoms. The molecule has 0 atom stereocenters. The van der Waals surface area contributed by atoms with Crippen LogP contribution in [0.1, 0.15) is 31.1 Å². The predicted molar refractivity (Wildman–Crippen MR) is 128 cm³/mol. The fraction of sp³-hybridized carbons (Fsp3) is 0.240. The number of hydrogen-bond acceptors (Lipinski definition) is 4. The van der Waals surface area contributed by atoms with E-state index in [0.29, 0.717) is 66.0 Å². The zero-order chi connectivity index (χ0) is 23.1. The third-order valence-corrected chi connectivity index (χ3v) is 6.86. The molecule has 2 heterocycles. The number of imide groups is 1. The summed E-state index contributed by atoms with van der Waals surface area (Å²) in [4.78, 5) is 44.2. The lowest BCUT2D eigenvalue weighted by atomic mass is 9.94. The number of halogens is 2. The Balaban J connectivity index is 1.22. The summed E-state index contributed by atoms with van der Waals surface area (Å²) >= 11 is 12.1. The van der Waals surface area contributed by atoms with Crippen molar-refractivity contribution in [3.63, 3.8) is 0 Å². The fourth-order valence-corrected chi connectivity index (χ4v) is 5.02. The Kier molecular flexibility index (Phi) is 5.83. The molecule has 2 aliphatic heterocycles. The lowest BCUT2D eigenvalue weighted by Crippen LogP contribution is -2.51. The van der Waals surface area contributed by atoms with Gasteiger partial charge >= 0.3 is 0 Å². The van der Waals surface area contributed by atoms with Gasteiger partial charge in [0.2, 0.25) is 0 Å². The van der Waals surface area contributed by atoms with Gasteiger partial charge in [-0.3, -0.25) is 24.2 Å². The van der Waals surface area contributed by atoms with Gasteiger partial charge in [-0.1, -0.05) is 47.5 Å². The topological polar surface area (TPSA) is 60.9 Å². The van der Waals surface area contributed by atoms with Crippen molar-refractivity contribution in [1.82, 2.24) is 14.7 Å². The first-order valence-electron chi connectivity index (χ1n) is 10.8. The molecule has 2 aliphatic rings. The second-order valence-electron chi connectivity index (χ2n) is 8.23. The lowest BCUT2D eigenvalue weighted by molar-refractivity contribution is 0.0551. The summed E-state index contributed by atoms with van der Waals surface area (Å²) < 4.78 is 0. The summed E-state index contributed by atoms with van der Waals surface area (Å²) in [7, 11) is 0. The van der Waals surface area contributed by atoms with Gasteiger partial charge in [0, 0.05) is 60.8 Å². The Hall–Kier alpha value is -2.93. The van der Waals surface area contributed by atoms with Crippen LogP contribution >= 0.6 is 23.2 Å². The van der Waals surface area contributed by atoms with E-state index in [1.807, 2.05) is 24.3 Å². The van der Waals surface area contributed by atoms with Gasteiger partial charge in [-0.15, -0.1) is 0 Å². The van der Waals surface area contributed by atoms with Gasteiger partial charge in [0.15, 0.2) is 0 Å². The Labute approximate surface area is 201 Å². The van der Waals surface area contributed by atoms with Crippen LogP contribution in [0.25, 0.3) is 10.8 Å². The van der Waals surface area contributed by atoms with Crippen molar-refractivity contribution in [2.75, 3.05) is 39.3 Å². The molecule has 0 aliphatic carbocycles. The molecule has 1 fully saturated rings. The number of benzene rings is 3. The quantitative estimate of drug-likeness (QED) is 0.523. The smallest absolute Gasteiger partial charge is 0.261 e. The van der Waals surface area contributed by atoms with Gasteiger partial charge in [-0.05, 0) is 35.7 Å². The molecule has 3 aromatic carbocycles. The summed E-state index contributed by atoms with van der Waals surface area (Å²) in [5.41, 5.74) is 1.57. The van der Waals surface area contributed by atoms with Crippen molar-refractivity contribution in [1.29, 1.82) is 0 Å². The van der Waals surface area contributed by atoms with Crippen molar-refractivity contribution in [3.8, 4) is 0 Å². The van der Waals surface area contributed by atoms with Crippen molar-refractivity contribution in [3.05, 3.63) is 81.3 Å². The third kappa shape index (κ3) is 3.99. The minimum Gasteiger partial charge on any atom is -0.336 e. The van der Waals surface area contributed by atoms with Crippen LogP contribution in [0.15, 0.2) is 54.6 Å². The van der Waals surface area contributed by atoms with E-state index in [9.17, 15) is 14.4 Å². The number of nitrogens with zero attached hydrogens (tertiary/aromatic N) is 3. The van der Waals surface area contributed by atoms with Crippen LogP contribution in [0.4, 0.5) is 0 Å². The van der Waals surface area contributed by atoms with E-state index in [0.717, 1.165) is 10.8 Å². The second-order valence-corrected chi connectivity index (χ2v) is 9.07. The summed E-state index contributed by atoms with van der Waals surface area (Å²) in [6.07, 6.45) is 0. The first-order valence-corrected chi connectivity index (χ1v) is 11.5. The number of piperazine rings is 1. The summed E-state index contributed by atoms with van der Waals surface area (Å²) in [5, 5.41) is 2.46. The first-order chi connectivity index (χ1) is 15.9. The highest BCUT2D eigenvalue weighted by molar-refractivity contribution is 6.36. The summed E-state index contributed by atoms with van der Waals surface area (Å²) in [5.74, 6) is -0.631. The maximum absolute atomic E-state index is 13.1. The monoisotopic (exact) mass is 481 g/mol. The normalized spacial score (nSPS) is 16.5. The Bertz CT molecular complexity index is 1230. The van der Waals surface area contributed by atoms with Crippen LogP contribution in [0.5, 0.6) is 0 Å². The van der Waals surface area contributed by atoms with Crippen molar-refractivity contribution < 1.29 is 14.4 Å². The molecule has 1 saturated heterocycles. The molecule has 8 heteroatoms. The van der Waals surface area contributed by atoms with Crippen LogP contribution in [0, 0.1) is 0 Å². The Morgan fingerprint density at radius 2 is 1.45 bits per heavy atom. The molecule has 3 amide bonds. The number of rotatable bonds is 4. The Morgan fingerprint density at radius 1 is 0.818 bits per heavy atom. The maximum atomic E-state index is 13.1. The molecule has 0 N–H and O–H groups in total. The lowest BCUT2D eigenvalue weighted by Gasteiger charge is -2.36. The molecule has 5 rings (SSSR count). The van der Waals surface area contributed by atoms with E-state index in [2.05, 4.69) is 4.90 Å². The highest BCUT2D eigenvalue weighted by Gasteiger charge is 2.33. The zero-order valence-electron chi connectivity index (χ0n) is 17.8. The highest BCUT2D eigenvalue weighted by atomic mass is 35.5. The maximum Gasteiger partial charge on any atom is 0.261 e. The molecular formula is C25H21Cl2N3O3. The van der Waals surface area contributed by atoms with E-state index in [1.165, 1.54) is 4.90 Å². The molecule has 3 aromatic rings. The SMILES string of the molecule is O=C(c1ccc(Cl)cc1Cl)N1CCN(CCN2C(=O)c3cccc4cccc(c34)C2=O)CC1. The van der Waals surface area contributed by atoms with E-state index in [1.54, 1.807) is 35.2 Å². The largest absolute Gasteiger partial charge is 0.336 e. The molecule has 33 heavy (non-hydrogen) atoms. The van der Waals surface area contributed by atoms with Gasteiger partial charge < -0.3 is 4.90 Å². The van der Waals surface area contributed by atoms with E-state index in [4.69, 9.17) is 23.2 Å². The predicted octanol–water partition coefficient (Wildman–Crippen LogP) is 4.20. The number of carbonyl (C=O) groups is 3. The standard InChI is InChI=1S/C25H21Cl2N3O3/c26-17-7-8-18(21(27)15-17)23(31)29-12-9-28(10-13-29)11-14-30-24(32)19-5-1-3-16-4-2-6-20(22(16)19)25(30)33/h1-8,15H,9-14H2. The molecular weight excluding hydrogens is 461 g/mol. The van der Waals surface area contributed by atoms with E-state index in [-0.39, 0.29) is 17.7 Å². The minimum atomic E-state index is -0.254. The molecule has 0 unspecified atom stereocenters. The summed E-state index contributed by atoms with van der Waals surface area (Å²) in [6.45, 7) is 3.25. The molecule has 168 valence electrons. The Morgan fingerprint density at radius 3 is 2.06 bits per heavy atom. The van der Waals surface area contributed by atoms with Crippen LogP contribution in [-0.2, 0) is 0 Å². The van der Waals surface area contributed by atoms with Gasteiger partial charge in [-0.2, -0.15) is 0 Å². The average Bonchev–Trinajstić information content (AvgIpc) is 2.82. The van der Waals surface area contributed by atoms with Crippen molar-refractivity contribution in [2.24, 2.45) is 0 Å². The van der Waals surface area contributed by atoms with Crippen LogP contribution in [-0.4, -0.2) is 71.7 Å². The number of carbonyl (C=O) groups excluding carboxylic acids is 3. The van der Waals surface area contributed by atoms with E-state index < -0.39 is 0 Å². The van der Waals surface area contributed by atoms with Crippen LogP contribution in [0.2, 0.25) is 10.0 Å². The summed E-state index contributed by atoms with van der Waals surface area (Å²) in [6, 6.07) is 15.9. The minimum absolute atomic E-state index is 0.123.